The number of aldehydes is 1. The van der Waals surface area contributed by atoms with Gasteiger partial charge in [-0.05, 0) is 12.1 Å². The number of nitrogens with zero attached hydrogens (tertiary/aromatic N) is 2. The van der Waals surface area contributed by atoms with Gasteiger partial charge >= 0.3 is 6.18 Å². The van der Waals surface area contributed by atoms with Crippen LogP contribution >= 0.6 is 0 Å². The molecule has 0 bridgehead atoms. The molecule has 6 heteroatoms. The summed E-state index contributed by atoms with van der Waals surface area (Å²) in [6.07, 6.45) is -3.83. The Bertz CT molecular complexity index is 610. The molecule has 2 rings (SSSR count). The Kier molecular flexibility index (Phi) is 3.42. The van der Waals surface area contributed by atoms with E-state index < -0.39 is 12.7 Å². The third-order valence-corrected chi connectivity index (χ3v) is 2.64. The summed E-state index contributed by atoms with van der Waals surface area (Å²) >= 11 is 0. The fourth-order valence-electron chi connectivity index (χ4n) is 1.86. The number of hydrogen-bond acceptors (Lipinski definition) is 3. The highest BCUT2D eigenvalue weighted by Gasteiger charge is 2.30. The third-order valence-electron chi connectivity index (χ3n) is 2.64. The lowest BCUT2D eigenvalue weighted by Gasteiger charge is -2.21. The largest absolute Gasteiger partial charge is 0.405 e. The van der Waals surface area contributed by atoms with Crippen molar-refractivity contribution in [3.63, 3.8) is 0 Å². The number of para-hydroxylation sites is 1. The zero-order valence-electron chi connectivity index (χ0n) is 10.1. The fraction of sp³-hybridized carbons (Fsp3) is 0.231. The van der Waals surface area contributed by atoms with Crippen LogP contribution in [0.5, 0.6) is 0 Å². The number of aromatic nitrogens is 1. The van der Waals surface area contributed by atoms with Gasteiger partial charge in [0, 0.05) is 12.4 Å². The Balaban J connectivity index is 2.49. The topological polar surface area (TPSA) is 33.2 Å². The summed E-state index contributed by atoms with van der Waals surface area (Å²) in [4.78, 5) is 16.0. The molecule has 0 spiro atoms. The molecule has 2 aromatic rings. The van der Waals surface area contributed by atoms with Gasteiger partial charge in [-0.3, -0.25) is 4.79 Å². The normalized spacial score (nSPS) is 11.6. The van der Waals surface area contributed by atoms with Gasteiger partial charge in [0.2, 0.25) is 0 Å². The third kappa shape index (κ3) is 3.01. The van der Waals surface area contributed by atoms with E-state index in [9.17, 15) is 18.0 Å². The SMILES string of the molecule is CN(CC(F)(F)F)c1nc2ccccc2cc1C=O. The number of alkyl halides is 3. The van der Waals surface area contributed by atoms with Crippen LogP contribution in [0, 0.1) is 0 Å². The van der Waals surface area contributed by atoms with Crippen molar-refractivity contribution in [2.24, 2.45) is 0 Å². The molecule has 0 atom stereocenters. The predicted octanol–water partition coefficient (Wildman–Crippen LogP) is 3.05. The maximum atomic E-state index is 12.4. The molecule has 100 valence electrons. The average Bonchev–Trinajstić information content (AvgIpc) is 2.35. The van der Waals surface area contributed by atoms with Gasteiger partial charge in [0.15, 0.2) is 6.29 Å². The van der Waals surface area contributed by atoms with Crippen LogP contribution in [0.25, 0.3) is 10.9 Å². The van der Waals surface area contributed by atoms with Crippen molar-refractivity contribution in [3.8, 4) is 0 Å². The second-order valence-electron chi connectivity index (χ2n) is 4.18. The molecule has 19 heavy (non-hydrogen) atoms. The molecule has 0 unspecified atom stereocenters. The maximum Gasteiger partial charge on any atom is 0.405 e. The zero-order valence-corrected chi connectivity index (χ0v) is 10.1. The number of benzene rings is 1. The number of rotatable bonds is 3. The molecular weight excluding hydrogens is 257 g/mol. The smallest absolute Gasteiger partial charge is 0.350 e. The van der Waals surface area contributed by atoms with Crippen molar-refractivity contribution in [1.29, 1.82) is 0 Å². The highest BCUT2D eigenvalue weighted by Crippen LogP contribution is 2.24. The second kappa shape index (κ2) is 4.87. The number of pyridine rings is 1. The lowest BCUT2D eigenvalue weighted by Crippen LogP contribution is -2.32. The molecular formula is C13H11F3N2O. The Morgan fingerprint density at radius 3 is 2.63 bits per heavy atom. The van der Waals surface area contributed by atoms with Crippen molar-refractivity contribution in [3.05, 3.63) is 35.9 Å². The summed E-state index contributed by atoms with van der Waals surface area (Å²) < 4.78 is 37.2. The van der Waals surface area contributed by atoms with Gasteiger partial charge in [-0.2, -0.15) is 13.2 Å². The summed E-state index contributed by atoms with van der Waals surface area (Å²) in [6, 6.07) is 8.50. The molecule has 1 heterocycles. The van der Waals surface area contributed by atoms with Crippen LogP contribution < -0.4 is 4.90 Å². The first-order valence-electron chi connectivity index (χ1n) is 5.53. The van der Waals surface area contributed by atoms with Crippen molar-refractivity contribution < 1.29 is 18.0 Å². The first-order valence-corrected chi connectivity index (χ1v) is 5.53. The zero-order chi connectivity index (χ0) is 14.0. The van der Waals surface area contributed by atoms with Gasteiger partial charge in [-0.1, -0.05) is 18.2 Å². The number of fused-ring (bicyclic) bond motifs is 1. The van der Waals surface area contributed by atoms with Crippen molar-refractivity contribution >= 4 is 23.0 Å². The molecule has 0 aliphatic carbocycles. The molecule has 0 radical (unpaired) electrons. The molecule has 0 fully saturated rings. The van der Waals surface area contributed by atoms with Gasteiger partial charge in [0.25, 0.3) is 0 Å². The van der Waals surface area contributed by atoms with E-state index in [0.717, 1.165) is 4.90 Å². The molecule has 0 aliphatic rings. The highest BCUT2D eigenvalue weighted by molar-refractivity contribution is 5.91. The molecule has 1 aromatic heterocycles. The number of carbonyl (C=O) groups excluding carboxylic acids is 1. The number of anilines is 1. The molecule has 0 saturated heterocycles. The maximum absolute atomic E-state index is 12.4. The van der Waals surface area contributed by atoms with Gasteiger partial charge in [-0.15, -0.1) is 0 Å². The van der Waals surface area contributed by atoms with Crippen molar-refractivity contribution in [2.45, 2.75) is 6.18 Å². The minimum Gasteiger partial charge on any atom is -0.350 e. The average molecular weight is 268 g/mol. The molecule has 3 nitrogen and oxygen atoms in total. The second-order valence-corrected chi connectivity index (χ2v) is 4.18. The van der Waals surface area contributed by atoms with Crippen molar-refractivity contribution in [1.82, 2.24) is 4.98 Å². The summed E-state index contributed by atoms with van der Waals surface area (Å²) in [6.45, 7) is -1.15. The van der Waals surface area contributed by atoms with E-state index in [4.69, 9.17) is 0 Å². The van der Waals surface area contributed by atoms with Crippen molar-refractivity contribution in [2.75, 3.05) is 18.5 Å². The first kappa shape index (κ1) is 13.3. The minimum absolute atomic E-state index is 0.0334. The van der Waals surface area contributed by atoms with E-state index in [1.807, 2.05) is 0 Å². The van der Waals surface area contributed by atoms with Gasteiger partial charge in [0.1, 0.15) is 12.4 Å². The van der Waals surface area contributed by atoms with Crippen LogP contribution in [0.15, 0.2) is 30.3 Å². The van der Waals surface area contributed by atoms with E-state index >= 15 is 0 Å². The summed E-state index contributed by atoms with van der Waals surface area (Å²) in [5, 5.41) is 0.716. The van der Waals surface area contributed by atoms with Gasteiger partial charge in [-0.25, -0.2) is 4.98 Å². The highest BCUT2D eigenvalue weighted by atomic mass is 19.4. The number of hydrogen-bond donors (Lipinski definition) is 0. The van der Waals surface area contributed by atoms with E-state index in [-0.39, 0.29) is 11.4 Å². The van der Waals surface area contributed by atoms with Crippen LogP contribution in [0.1, 0.15) is 10.4 Å². The predicted molar refractivity (Wildman–Crippen MR) is 66.5 cm³/mol. The fourth-order valence-corrected chi connectivity index (χ4v) is 1.86. The number of carbonyl (C=O) groups is 1. The lowest BCUT2D eigenvalue weighted by atomic mass is 10.1. The van der Waals surface area contributed by atoms with E-state index in [2.05, 4.69) is 4.98 Å². The Hall–Kier alpha value is -2.11. The van der Waals surface area contributed by atoms with Crippen LogP contribution in [0.3, 0.4) is 0 Å². The van der Waals surface area contributed by atoms with Gasteiger partial charge in [0.05, 0.1) is 11.1 Å². The summed E-state index contributed by atoms with van der Waals surface area (Å²) in [5.41, 5.74) is 0.697. The van der Waals surface area contributed by atoms with Crippen LogP contribution in [0.4, 0.5) is 19.0 Å². The Morgan fingerprint density at radius 1 is 1.32 bits per heavy atom. The summed E-state index contributed by atoms with van der Waals surface area (Å²) in [5.74, 6) is 0.0334. The monoisotopic (exact) mass is 268 g/mol. The minimum atomic E-state index is -4.35. The quantitative estimate of drug-likeness (QED) is 0.802. The lowest BCUT2D eigenvalue weighted by molar-refractivity contribution is -0.119. The summed E-state index contributed by atoms with van der Waals surface area (Å²) in [7, 11) is 1.26. The molecule has 0 amide bonds. The first-order chi connectivity index (χ1) is 8.90. The molecule has 0 N–H and O–H groups in total. The molecule has 0 aliphatic heterocycles. The Morgan fingerprint density at radius 2 is 2.00 bits per heavy atom. The molecule has 1 aromatic carbocycles. The van der Waals surface area contributed by atoms with Crippen LogP contribution in [0.2, 0.25) is 0 Å². The van der Waals surface area contributed by atoms with E-state index in [0.29, 0.717) is 17.2 Å². The Labute approximate surface area is 107 Å². The van der Waals surface area contributed by atoms with Crippen LogP contribution in [-0.4, -0.2) is 31.0 Å². The molecule has 0 saturated carbocycles. The van der Waals surface area contributed by atoms with E-state index in [1.165, 1.54) is 13.1 Å². The number of halogens is 3. The van der Waals surface area contributed by atoms with Crippen LogP contribution in [-0.2, 0) is 0 Å². The standard InChI is InChI=1S/C13H11F3N2O/c1-18(8-13(14,15)16)12-10(7-19)6-9-4-2-3-5-11(9)17-12/h2-7H,8H2,1H3. The van der Waals surface area contributed by atoms with E-state index in [1.54, 1.807) is 24.3 Å². The van der Waals surface area contributed by atoms with Gasteiger partial charge < -0.3 is 4.90 Å².